The summed E-state index contributed by atoms with van der Waals surface area (Å²) >= 11 is 0. The van der Waals surface area contributed by atoms with Crippen LogP contribution >= 0.6 is 0 Å². The third kappa shape index (κ3) is 3.51. The van der Waals surface area contributed by atoms with Crippen molar-refractivity contribution in [3.63, 3.8) is 0 Å². The van der Waals surface area contributed by atoms with E-state index in [9.17, 15) is 5.11 Å². The van der Waals surface area contributed by atoms with Gasteiger partial charge in [0.2, 0.25) is 0 Å². The van der Waals surface area contributed by atoms with Crippen LogP contribution in [0.2, 0.25) is 0 Å². The van der Waals surface area contributed by atoms with E-state index in [1.807, 2.05) is 31.2 Å². The minimum atomic E-state index is -0.0392. The molecule has 2 N–H and O–H groups in total. The Hall–Kier alpha value is -1.06. The molecule has 0 aromatic heterocycles. The van der Waals surface area contributed by atoms with Crippen LogP contribution < -0.4 is 10.1 Å². The van der Waals surface area contributed by atoms with E-state index in [2.05, 4.69) is 12.2 Å². The average molecular weight is 223 g/mol. The van der Waals surface area contributed by atoms with Crippen LogP contribution in [0.25, 0.3) is 0 Å². The zero-order valence-corrected chi connectivity index (χ0v) is 10.1. The van der Waals surface area contributed by atoms with Gasteiger partial charge in [0.25, 0.3) is 0 Å². The number of benzene rings is 1. The molecule has 0 fully saturated rings. The Morgan fingerprint density at radius 3 is 2.69 bits per heavy atom. The topological polar surface area (TPSA) is 41.5 Å². The molecule has 1 aromatic rings. The minimum Gasteiger partial charge on any atom is -0.494 e. The molecule has 1 unspecified atom stereocenters. The van der Waals surface area contributed by atoms with Crippen LogP contribution in [-0.2, 0) is 0 Å². The second-order valence-corrected chi connectivity index (χ2v) is 3.66. The van der Waals surface area contributed by atoms with Crippen molar-refractivity contribution in [1.29, 1.82) is 0 Å². The van der Waals surface area contributed by atoms with Crippen LogP contribution in [0.15, 0.2) is 24.3 Å². The van der Waals surface area contributed by atoms with Crippen molar-refractivity contribution in [2.75, 3.05) is 19.8 Å². The van der Waals surface area contributed by atoms with Gasteiger partial charge < -0.3 is 15.2 Å². The lowest BCUT2D eigenvalue weighted by Crippen LogP contribution is -2.25. The highest BCUT2D eigenvalue weighted by atomic mass is 16.5. The van der Waals surface area contributed by atoms with Gasteiger partial charge in [0.05, 0.1) is 19.3 Å². The van der Waals surface area contributed by atoms with Gasteiger partial charge in [-0.05, 0) is 26.0 Å². The first kappa shape index (κ1) is 13.0. The van der Waals surface area contributed by atoms with Crippen LogP contribution in [0.5, 0.6) is 5.75 Å². The maximum Gasteiger partial charge on any atom is 0.124 e. The normalized spacial score (nSPS) is 12.4. The van der Waals surface area contributed by atoms with E-state index in [4.69, 9.17) is 4.74 Å². The summed E-state index contributed by atoms with van der Waals surface area (Å²) in [7, 11) is 0. The number of aliphatic hydroxyl groups is 1. The molecule has 0 spiro atoms. The standard InChI is InChI=1S/C13H21NO2/c1-3-9-14-12(10-15)11-7-5-6-8-13(11)16-4-2/h5-8,12,14-15H,3-4,9-10H2,1-2H3. The van der Waals surface area contributed by atoms with Crippen LogP contribution in [0, 0.1) is 0 Å². The molecule has 0 heterocycles. The van der Waals surface area contributed by atoms with E-state index in [-0.39, 0.29) is 12.6 Å². The summed E-state index contributed by atoms with van der Waals surface area (Å²) in [6.07, 6.45) is 1.05. The Morgan fingerprint density at radius 1 is 1.31 bits per heavy atom. The molecule has 3 heteroatoms. The highest BCUT2D eigenvalue weighted by molar-refractivity contribution is 5.36. The Morgan fingerprint density at radius 2 is 2.06 bits per heavy atom. The first-order chi connectivity index (χ1) is 7.83. The number of ether oxygens (including phenoxy) is 1. The molecule has 0 aliphatic heterocycles. The van der Waals surface area contributed by atoms with Crippen molar-refractivity contribution < 1.29 is 9.84 Å². The maximum atomic E-state index is 9.38. The van der Waals surface area contributed by atoms with Crippen molar-refractivity contribution >= 4 is 0 Å². The summed E-state index contributed by atoms with van der Waals surface area (Å²) in [5, 5.41) is 12.7. The van der Waals surface area contributed by atoms with Crippen molar-refractivity contribution in [3.05, 3.63) is 29.8 Å². The van der Waals surface area contributed by atoms with E-state index in [1.54, 1.807) is 0 Å². The molecular weight excluding hydrogens is 202 g/mol. The lowest BCUT2D eigenvalue weighted by atomic mass is 10.1. The largest absolute Gasteiger partial charge is 0.494 e. The predicted molar refractivity (Wildman–Crippen MR) is 65.7 cm³/mol. The number of para-hydroxylation sites is 1. The van der Waals surface area contributed by atoms with E-state index >= 15 is 0 Å². The fraction of sp³-hybridized carbons (Fsp3) is 0.538. The molecule has 0 amide bonds. The van der Waals surface area contributed by atoms with Gasteiger partial charge in [-0.1, -0.05) is 25.1 Å². The average Bonchev–Trinajstić information content (AvgIpc) is 2.32. The zero-order chi connectivity index (χ0) is 11.8. The van der Waals surface area contributed by atoms with Crippen LogP contribution in [0.4, 0.5) is 0 Å². The van der Waals surface area contributed by atoms with E-state index in [0.717, 1.165) is 24.3 Å². The van der Waals surface area contributed by atoms with Gasteiger partial charge in [0, 0.05) is 5.56 Å². The first-order valence-electron chi connectivity index (χ1n) is 5.89. The summed E-state index contributed by atoms with van der Waals surface area (Å²) in [5.41, 5.74) is 1.03. The van der Waals surface area contributed by atoms with Gasteiger partial charge in [-0.2, -0.15) is 0 Å². The quantitative estimate of drug-likeness (QED) is 0.744. The number of rotatable bonds is 7. The Labute approximate surface area is 97.4 Å². The zero-order valence-electron chi connectivity index (χ0n) is 10.1. The molecule has 1 atom stereocenters. The van der Waals surface area contributed by atoms with Gasteiger partial charge in [-0.3, -0.25) is 0 Å². The first-order valence-corrected chi connectivity index (χ1v) is 5.89. The van der Waals surface area contributed by atoms with Gasteiger partial charge in [0.1, 0.15) is 5.75 Å². The number of aliphatic hydroxyl groups excluding tert-OH is 1. The monoisotopic (exact) mass is 223 g/mol. The molecule has 0 aliphatic carbocycles. The second kappa shape index (κ2) is 7.25. The van der Waals surface area contributed by atoms with E-state index < -0.39 is 0 Å². The molecule has 0 bridgehead atoms. The summed E-state index contributed by atoms with van der Waals surface area (Å²) in [6.45, 7) is 5.69. The smallest absolute Gasteiger partial charge is 0.124 e. The molecule has 90 valence electrons. The SMILES string of the molecule is CCCNC(CO)c1ccccc1OCC. The predicted octanol–water partition coefficient (Wildman–Crippen LogP) is 2.12. The lowest BCUT2D eigenvalue weighted by Gasteiger charge is -2.19. The molecular formula is C13H21NO2. The van der Waals surface area contributed by atoms with Gasteiger partial charge in [0.15, 0.2) is 0 Å². The van der Waals surface area contributed by atoms with Crippen molar-refractivity contribution in [2.45, 2.75) is 26.3 Å². The Kier molecular flexibility index (Phi) is 5.90. The molecule has 1 rings (SSSR count). The highest BCUT2D eigenvalue weighted by Gasteiger charge is 2.13. The lowest BCUT2D eigenvalue weighted by molar-refractivity contribution is 0.239. The number of nitrogens with one attached hydrogen (secondary N) is 1. The molecule has 0 aliphatic rings. The molecule has 3 nitrogen and oxygen atoms in total. The molecule has 0 radical (unpaired) electrons. The molecule has 0 saturated carbocycles. The van der Waals surface area contributed by atoms with Gasteiger partial charge >= 0.3 is 0 Å². The summed E-state index contributed by atoms with van der Waals surface area (Å²) in [5.74, 6) is 0.854. The van der Waals surface area contributed by atoms with E-state index in [1.165, 1.54) is 0 Å². The second-order valence-electron chi connectivity index (χ2n) is 3.66. The fourth-order valence-electron chi connectivity index (χ4n) is 1.65. The fourth-order valence-corrected chi connectivity index (χ4v) is 1.65. The van der Waals surface area contributed by atoms with Gasteiger partial charge in [-0.25, -0.2) is 0 Å². The molecule has 0 saturated heterocycles. The van der Waals surface area contributed by atoms with Crippen molar-refractivity contribution in [3.8, 4) is 5.75 Å². The number of hydrogen-bond acceptors (Lipinski definition) is 3. The third-order valence-corrected chi connectivity index (χ3v) is 2.42. The van der Waals surface area contributed by atoms with Crippen LogP contribution in [0.3, 0.4) is 0 Å². The van der Waals surface area contributed by atoms with Crippen LogP contribution in [0.1, 0.15) is 31.9 Å². The third-order valence-electron chi connectivity index (χ3n) is 2.42. The van der Waals surface area contributed by atoms with E-state index in [0.29, 0.717) is 6.61 Å². The molecule has 1 aromatic carbocycles. The van der Waals surface area contributed by atoms with Crippen molar-refractivity contribution in [1.82, 2.24) is 5.32 Å². The summed E-state index contributed by atoms with van der Waals surface area (Å²) < 4.78 is 5.55. The maximum absolute atomic E-state index is 9.38. The number of hydrogen-bond donors (Lipinski definition) is 2. The summed E-state index contributed by atoms with van der Waals surface area (Å²) in [4.78, 5) is 0. The van der Waals surface area contributed by atoms with Crippen LogP contribution in [-0.4, -0.2) is 24.9 Å². The Bertz CT molecular complexity index is 302. The highest BCUT2D eigenvalue weighted by Crippen LogP contribution is 2.24. The Balaban J connectivity index is 2.81. The molecule has 16 heavy (non-hydrogen) atoms. The van der Waals surface area contributed by atoms with Crippen molar-refractivity contribution in [2.24, 2.45) is 0 Å². The van der Waals surface area contributed by atoms with Gasteiger partial charge in [-0.15, -0.1) is 0 Å². The minimum absolute atomic E-state index is 0.0392. The summed E-state index contributed by atoms with van der Waals surface area (Å²) in [6, 6.07) is 7.81.